The van der Waals surface area contributed by atoms with Gasteiger partial charge in [-0.25, -0.2) is 4.57 Å². The average Bonchev–Trinajstić information content (AvgIpc) is 3.17. The number of aliphatic hydroxyl groups excluding tert-OH is 5. The minimum absolute atomic E-state index is 0.0982. The van der Waals surface area contributed by atoms with E-state index < -0.39 is 76.7 Å². The molecule has 6 N–H and O–H groups in total. The lowest BCUT2D eigenvalue weighted by atomic mass is 10.0. The molecule has 0 aliphatic carbocycles. The Hall–Kier alpha value is -2.19. The van der Waals surface area contributed by atoms with Crippen LogP contribution in [0.25, 0.3) is 0 Å². The first kappa shape index (κ1) is 53.8. The first-order valence-electron chi connectivity index (χ1n) is 20.9. The van der Waals surface area contributed by atoms with Gasteiger partial charge in [0.2, 0.25) is 0 Å². The molecule has 0 aromatic rings. The number of ether oxygens (including phenoxy) is 2. The van der Waals surface area contributed by atoms with Crippen LogP contribution in [0, 0.1) is 0 Å². The zero-order valence-corrected chi connectivity index (χ0v) is 35.1. The van der Waals surface area contributed by atoms with Gasteiger partial charge in [0.05, 0.1) is 38.1 Å². The molecule has 0 rings (SSSR count). The molecule has 0 aromatic carbocycles. The van der Waals surface area contributed by atoms with Gasteiger partial charge in [0, 0.05) is 12.8 Å². The van der Waals surface area contributed by atoms with Gasteiger partial charge in [0.15, 0.2) is 6.10 Å². The molecule has 0 radical (unpaired) electrons. The molecule has 0 spiro atoms. The van der Waals surface area contributed by atoms with Crippen LogP contribution in [0.5, 0.6) is 0 Å². The van der Waals surface area contributed by atoms with Crippen molar-refractivity contribution in [1.29, 1.82) is 0 Å². The van der Waals surface area contributed by atoms with Gasteiger partial charge in [-0.3, -0.25) is 18.6 Å². The lowest BCUT2D eigenvalue weighted by Gasteiger charge is -2.20. The number of carbonyl (C=O) groups is 2. The number of rotatable bonds is 38. The van der Waals surface area contributed by atoms with Gasteiger partial charge < -0.3 is 39.9 Å². The molecular weight excluding hydrogens is 743 g/mol. The fraction of sp³-hybridized carbons (Fsp3) is 0.762. The Morgan fingerprint density at radius 2 is 1.09 bits per heavy atom. The average molecular weight is 819 g/mol. The minimum atomic E-state index is -4.70. The van der Waals surface area contributed by atoms with Crippen molar-refractivity contribution in [3.05, 3.63) is 48.6 Å². The predicted octanol–water partition coefficient (Wildman–Crippen LogP) is 7.47. The van der Waals surface area contributed by atoms with Crippen LogP contribution in [0.2, 0.25) is 0 Å². The number of hydrogen-bond acceptors (Lipinski definition) is 12. The van der Waals surface area contributed by atoms with Crippen molar-refractivity contribution in [2.45, 2.75) is 179 Å². The Balaban J connectivity index is 4.65. The summed E-state index contributed by atoms with van der Waals surface area (Å²) in [6.45, 7) is 1.87. The van der Waals surface area contributed by atoms with E-state index in [0.717, 1.165) is 44.9 Å². The van der Waals surface area contributed by atoms with Gasteiger partial charge in [0.1, 0.15) is 12.7 Å². The Morgan fingerprint density at radius 1 is 0.589 bits per heavy atom. The Morgan fingerprint density at radius 3 is 1.68 bits per heavy atom. The number of hydrogen-bond donors (Lipinski definition) is 6. The van der Waals surface area contributed by atoms with E-state index in [9.17, 15) is 39.5 Å². The van der Waals surface area contributed by atoms with Crippen LogP contribution < -0.4 is 0 Å². The van der Waals surface area contributed by atoms with E-state index in [2.05, 4.69) is 18.4 Å². The summed E-state index contributed by atoms with van der Waals surface area (Å²) in [5, 5.41) is 48.7. The third kappa shape index (κ3) is 35.0. The summed E-state index contributed by atoms with van der Waals surface area (Å²) >= 11 is 0. The number of carbonyl (C=O) groups excluding carboxylic acids is 2. The first-order valence-corrected chi connectivity index (χ1v) is 22.4. The van der Waals surface area contributed by atoms with Gasteiger partial charge in [-0.1, -0.05) is 159 Å². The summed E-state index contributed by atoms with van der Waals surface area (Å²) in [6.07, 6.45) is 27.3. The predicted molar refractivity (Wildman–Crippen MR) is 219 cm³/mol. The third-order valence-corrected chi connectivity index (χ3v) is 9.80. The van der Waals surface area contributed by atoms with E-state index in [1.165, 1.54) is 63.9 Å². The molecule has 0 heterocycles. The van der Waals surface area contributed by atoms with Crippen LogP contribution in [0.15, 0.2) is 48.6 Å². The van der Waals surface area contributed by atoms with Crippen LogP contribution in [-0.4, -0.2) is 99.3 Å². The topological polar surface area (TPSA) is 210 Å². The number of phosphoric acid groups is 1. The molecule has 1 unspecified atom stereocenters. The van der Waals surface area contributed by atoms with Gasteiger partial charge >= 0.3 is 19.8 Å². The fourth-order valence-corrected chi connectivity index (χ4v) is 6.22. The molecule has 0 amide bonds. The van der Waals surface area contributed by atoms with E-state index >= 15 is 0 Å². The summed E-state index contributed by atoms with van der Waals surface area (Å²) in [5.74, 6) is -1.26. The van der Waals surface area contributed by atoms with Gasteiger partial charge in [-0.05, 0) is 25.7 Å². The zero-order valence-electron chi connectivity index (χ0n) is 34.2. The van der Waals surface area contributed by atoms with Crippen molar-refractivity contribution in [3.8, 4) is 0 Å². The molecule has 0 fully saturated rings. The summed E-state index contributed by atoms with van der Waals surface area (Å²) in [5.41, 5.74) is 0. The maximum absolute atomic E-state index is 12.6. The zero-order chi connectivity index (χ0) is 41.7. The quantitative estimate of drug-likeness (QED) is 0.0155. The van der Waals surface area contributed by atoms with Crippen LogP contribution >= 0.6 is 7.82 Å². The largest absolute Gasteiger partial charge is 0.472 e. The van der Waals surface area contributed by atoms with Gasteiger partial charge in [-0.15, -0.1) is 0 Å². The number of aliphatic hydroxyl groups is 5. The monoisotopic (exact) mass is 818 g/mol. The Labute approximate surface area is 336 Å². The molecular formula is C42H75O13P. The molecule has 0 aliphatic heterocycles. The highest BCUT2D eigenvalue weighted by Crippen LogP contribution is 2.43. The molecule has 6 atom stereocenters. The lowest BCUT2D eigenvalue weighted by Crippen LogP contribution is -2.30. The van der Waals surface area contributed by atoms with Crippen LogP contribution in [0.1, 0.15) is 149 Å². The maximum atomic E-state index is 12.6. The highest BCUT2D eigenvalue weighted by Gasteiger charge is 2.27. The lowest BCUT2D eigenvalue weighted by molar-refractivity contribution is -0.161. The van der Waals surface area contributed by atoms with E-state index in [4.69, 9.17) is 19.1 Å². The van der Waals surface area contributed by atoms with Crippen molar-refractivity contribution >= 4 is 19.8 Å². The summed E-state index contributed by atoms with van der Waals surface area (Å²) < 4.78 is 32.4. The molecule has 56 heavy (non-hydrogen) atoms. The van der Waals surface area contributed by atoms with Crippen molar-refractivity contribution in [3.63, 3.8) is 0 Å². The van der Waals surface area contributed by atoms with Gasteiger partial charge in [0.25, 0.3) is 0 Å². The molecule has 13 nitrogen and oxygen atoms in total. The number of allylic oxidation sites excluding steroid dienone is 6. The summed E-state index contributed by atoms with van der Waals surface area (Å²) in [4.78, 5) is 35.0. The molecule has 14 heteroatoms. The first-order chi connectivity index (χ1) is 26.9. The number of esters is 2. The molecule has 326 valence electrons. The second-order valence-corrected chi connectivity index (χ2v) is 15.7. The molecule has 0 bridgehead atoms. The van der Waals surface area contributed by atoms with Crippen molar-refractivity contribution < 1.29 is 63.1 Å². The summed E-state index contributed by atoms with van der Waals surface area (Å²) in [6, 6.07) is 0. The van der Waals surface area contributed by atoms with Gasteiger partial charge in [-0.2, -0.15) is 0 Å². The normalized spacial score (nSPS) is 16.1. The SMILES string of the molecule is CCCCCCCCCCCCCCCC(=O)O[C@H](COC(=O)CCC[C@@H](O)[C@H](O)/C=C/C=C/C=C\C=C\[C@H](O)CCCCC)COP(=O)(O)OC[C@@H](O)CO. The molecule has 0 aliphatic rings. The fourth-order valence-electron chi connectivity index (χ4n) is 5.43. The second-order valence-electron chi connectivity index (χ2n) is 14.2. The summed E-state index contributed by atoms with van der Waals surface area (Å²) in [7, 11) is -4.70. The molecule has 0 saturated carbocycles. The van der Waals surface area contributed by atoms with E-state index in [0.29, 0.717) is 6.42 Å². The highest BCUT2D eigenvalue weighted by molar-refractivity contribution is 7.47. The van der Waals surface area contributed by atoms with Crippen LogP contribution in [0.3, 0.4) is 0 Å². The van der Waals surface area contributed by atoms with Crippen LogP contribution in [-0.2, 0) is 32.7 Å². The van der Waals surface area contributed by atoms with E-state index in [1.54, 1.807) is 42.5 Å². The Kier molecular flexibility index (Phi) is 35.7. The number of phosphoric ester groups is 1. The molecule has 0 saturated heterocycles. The van der Waals surface area contributed by atoms with Crippen molar-refractivity contribution in [2.75, 3.05) is 26.4 Å². The smallest absolute Gasteiger partial charge is 0.462 e. The standard InChI is InChI=1S/C42H75O13P/c1-3-5-7-8-9-10-11-12-13-14-15-20-24-30-42(49)55-38(35-54-56(50,51)53-33-37(45)32-43)34-52-41(48)31-25-29-40(47)39(46)28-23-19-17-16-18-22-27-36(44)26-21-6-4-2/h16-19,22-23,27-28,36-40,43-47H,3-15,20-21,24-26,29-35H2,1-2H3,(H,50,51)/b18-16-,19-17+,27-22+,28-23+/t36-,37+,38-,39-,40-/m1/s1. The van der Waals surface area contributed by atoms with Crippen molar-refractivity contribution in [2.24, 2.45) is 0 Å². The highest BCUT2D eigenvalue weighted by atomic mass is 31.2. The van der Waals surface area contributed by atoms with Crippen LogP contribution in [0.4, 0.5) is 0 Å². The minimum Gasteiger partial charge on any atom is -0.462 e. The maximum Gasteiger partial charge on any atom is 0.472 e. The second kappa shape index (κ2) is 37.1. The number of unbranched alkanes of at least 4 members (excludes halogenated alkanes) is 14. The molecule has 0 aromatic heterocycles. The van der Waals surface area contributed by atoms with E-state index in [-0.39, 0.29) is 25.7 Å². The van der Waals surface area contributed by atoms with E-state index in [1.807, 2.05) is 0 Å². The van der Waals surface area contributed by atoms with Crippen molar-refractivity contribution in [1.82, 2.24) is 0 Å². The Bertz CT molecular complexity index is 1130. The third-order valence-electron chi connectivity index (χ3n) is 8.85.